The van der Waals surface area contributed by atoms with Crippen LogP contribution in [0.1, 0.15) is 34.6 Å². The van der Waals surface area contributed by atoms with Gasteiger partial charge < -0.3 is 9.80 Å². The summed E-state index contributed by atoms with van der Waals surface area (Å²) in [5.41, 5.74) is 3.21. The largest absolute Gasteiger partial charge is 0.366 e. The molecule has 0 spiro atoms. The third kappa shape index (κ3) is 1.74. The van der Waals surface area contributed by atoms with Gasteiger partial charge in [0.25, 0.3) is 0 Å². The second kappa shape index (κ2) is 4.42. The Labute approximate surface area is 123 Å². The summed E-state index contributed by atoms with van der Waals surface area (Å²) >= 11 is 2.04. The van der Waals surface area contributed by atoms with Crippen molar-refractivity contribution in [1.82, 2.24) is 4.90 Å². The lowest BCUT2D eigenvalue weighted by Crippen LogP contribution is -2.49. The molecular formula is C16H26N2S. The first kappa shape index (κ1) is 12.1. The molecule has 1 aromatic carbocycles. The molecule has 2 atom stereocenters. The number of thioether (sulfide) groups is 1. The van der Waals surface area contributed by atoms with Crippen molar-refractivity contribution in [3.63, 3.8) is 0 Å². The Morgan fingerprint density at radius 2 is 2.21 bits per heavy atom. The maximum Gasteiger partial charge on any atom is 0.0544 e. The fraction of sp³-hybridized carbons (Fsp3) is 0.625. The molecule has 4 rings (SSSR count). The molecule has 0 N–H and O–H groups in total. The summed E-state index contributed by atoms with van der Waals surface area (Å²) in [5.74, 6) is 2.00. The van der Waals surface area contributed by atoms with E-state index in [-0.39, 0.29) is 2.85 Å². The highest BCUT2D eigenvalue weighted by Crippen LogP contribution is 2.50. The Balaban J connectivity index is 0.000000807. The standard InChI is InChI=1S/C16H22N2S.2H2/c1-11(2)17-7-6-14-13(10-17)12-4-3-5-15-16(12)18(14)8-9-19-15;;/h3-5,11,13-14H,6-10H2,1-2H3;2*1H. The number of hydrogen-bond acceptors (Lipinski definition) is 3. The lowest BCUT2D eigenvalue weighted by Gasteiger charge is -2.41. The van der Waals surface area contributed by atoms with E-state index in [0.29, 0.717) is 6.04 Å². The van der Waals surface area contributed by atoms with Gasteiger partial charge in [0.15, 0.2) is 0 Å². The fourth-order valence-electron chi connectivity index (χ4n) is 4.07. The van der Waals surface area contributed by atoms with Crippen LogP contribution in [0.2, 0.25) is 0 Å². The normalized spacial score (nSPS) is 29.5. The molecule has 1 fully saturated rings. The van der Waals surface area contributed by atoms with Gasteiger partial charge in [0, 0.05) is 51.1 Å². The molecule has 0 bridgehead atoms. The van der Waals surface area contributed by atoms with Crippen molar-refractivity contribution < 1.29 is 2.85 Å². The van der Waals surface area contributed by atoms with E-state index >= 15 is 0 Å². The summed E-state index contributed by atoms with van der Waals surface area (Å²) in [6, 6.07) is 8.41. The summed E-state index contributed by atoms with van der Waals surface area (Å²) in [4.78, 5) is 6.91. The van der Waals surface area contributed by atoms with E-state index in [0.717, 1.165) is 12.0 Å². The van der Waals surface area contributed by atoms with Gasteiger partial charge in [-0.2, -0.15) is 0 Å². The quantitative estimate of drug-likeness (QED) is 0.774. The van der Waals surface area contributed by atoms with Gasteiger partial charge in [-0.3, -0.25) is 0 Å². The van der Waals surface area contributed by atoms with Gasteiger partial charge in [-0.1, -0.05) is 12.1 Å². The van der Waals surface area contributed by atoms with E-state index in [9.17, 15) is 0 Å². The van der Waals surface area contributed by atoms with Crippen LogP contribution in [0.5, 0.6) is 0 Å². The molecule has 0 aromatic heterocycles. The average molecular weight is 278 g/mol. The SMILES string of the molecule is CC(C)N1CCC2C(C1)c1cccc3c1N2CCS3.[HH].[HH]. The molecular weight excluding hydrogens is 252 g/mol. The van der Waals surface area contributed by atoms with Crippen molar-refractivity contribution >= 4 is 17.4 Å². The predicted octanol–water partition coefficient (Wildman–Crippen LogP) is 3.67. The zero-order valence-electron chi connectivity index (χ0n) is 11.8. The fourth-order valence-corrected chi connectivity index (χ4v) is 5.13. The molecule has 0 aliphatic carbocycles. The zero-order chi connectivity index (χ0) is 13.0. The van der Waals surface area contributed by atoms with Gasteiger partial charge in [-0.15, -0.1) is 11.8 Å². The number of para-hydroxylation sites is 1. The van der Waals surface area contributed by atoms with E-state index in [1.54, 1.807) is 11.3 Å². The average Bonchev–Trinajstić information content (AvgIpc) is 2.76. The van der Waals surface area contributed by atoms with Crippen molar-refractivity contribution in [2.75, 3.05) is 30.3 Å². The van der Waals surface area contributed by atoms with Gasteiger partial charge >= 0.3 is 0 Å². The molecule has 0 radical (unpaired) electrons. The highest BCUT2D eigenvalue weighted by atomic mass is 32.2. The van der Waals surface area contributed by atoms with Gasteiger partial charge in [-0.05, 0) is 31.9 Å². The van der Waals surface area contributed by atoms with Crippen molar-refractivity contribution in [1.29, 1.82) is 0 Å². The minimum absolute atomic E-state index is 0. The van der Waals surface area contributed by atoms with Crippen molar-refractivity contribution in [2.24, 2.45) is 0 Å². The highest BCUT2D eigenvalue weighted by molar-refractivity contribution is 7.99. The third-order valence-corrected chi connectivity index (χ3v) is 6.07. The van der Waals surface area contributed by atoms with Crippen LogP contribution in [0, 0.1) is 0 Å². The lowest BCUT2D eigenvalue weighted by molar-refractivity contribution is 0.157. The van der Waals surface area contributed by atoms with Gasteiger partial charge in [0.1, 0.15) is 0 Å². The minimum atomic E-state index is 0. The van der Waals surface area contributed by atoms with Crippen LogP contribution in [0.15, 0.2) is 23.1 Å². The summed E-state index contributed by atoms with van der Waals surface area (Å²) in [6.45, 7) is 8.43. The minimum Gasteiger partial charge on any atom is -0.366 e. The molecule has 3 heterocycles. The van der Waals surface area contributed by atoms with Crippen molar-refractivity contribution in [3.8, 4) is 0 Å². The number of hydrogen-bond donors (Lipinski definition) is 0. The second-order valence-corrected chi connectivity index (χ2v) is 7.42. The topological polar surface area (TPSA) is 6.48 Å². The maximum absolute atomic E-state index is 2.73. The van der Waals surface area contributed by atoms with Crippen LogP contribution >= 0.6 is 11.8 Å². The molecule has 1 saturated heterocycles. The smallest absolute Gasteiger partial charge is 0.0544 e. The van der Waals surface area contributed by atoms with Gasteiger partial charge in [-0.25, -0.2) is 0 Å². The van der Waals surface area contributed by atoms with Crippen LogP contribution in [0.25, 0.3) is 0 Å². The first-order valence-corrected chi connectivity index (χ1v) is 8.50. The van der Waals surface area contributed by atoms with Crippen LogP contribution in [0.4, 0.5) is 5.69 Å². The van der Waals surface area contributed by atoms with Gasteiger partial charge in [0.2, 0.25) is 0 Å². The summed E-state index contributed by atoms with van der Waals surface area (Å²) in [5, 5.41) is 0. The first-order valence-electron chi connectivity index (χ1n) is 7.52. The molecule has 3 aliphatic heterocycles. The molecule has 19 heavy (non-hydrogen) atoms. The van der Waals surface area contributed by atoms with Crippen LogP contribution < -0.4 is 4.90 Å². The van der Waals surface area contributed by atoms with Gasteiger partial charge in [0.05, 0.1) is 5.69 Å². The number of piperidine rings is 1. The number of anilines is 1. The number of rotatable bonds is 1. The Kier molecular flexibility index (Phi) is 2.82. The number of nitrogens with zero attached hydrogens (tertiary/aromatic N) is 2. The monoisotopic (exact) mass is 278 g/mol. The summed E-state index contributed by atoms with van der Waals surface area (Å²) < 4.78 is 0. The molecule has 0 amide bonds. The zero-order valence-corrected chi connectivity index (χ0v) is 12.6. The Bertz CT molecular complexity index is 509. The first-order chi connectivity index (χ1) is 9.25. The molecule has 1 aromatic rings. The number of likely N-dealkylation sites (tertiary alicyclic amines) is 1. The molecule has 3 heteroatoms. The Morgan fingerprint density at radius 1 is 1.32 bits per heavy atom. The van der Waals surface area contributed by atoms with Crippen LogP contribution in [0.3, 0.4) is 0 Å². The molecule has 106 valence electrons. The summed E-state index contributed by atoms with van der Waals surface area (Å²) in [6.07, 6.45) is 1.33. The summed E-state index contributed by atoms with van der Waals surface area (Å²) in [7, 11) is 0. The lowest BCUT2D eigenvalue weighted by atomic mass is 9.88. The maximum atomic E-state index is 2.73. The number of fused-ring (bicyclic) bond motifs is 3. The Morgan fingerprint density at radius 3 is 3.05 bits per heavy atom. The third-order valence-electron chi connectivity index (χ3n) is 5.05. The van der Waals surface area contributed by atoms with E-state index in [2.05, 4.69) is 41.8 Å². The molecule has 3 aliphatic rings. The van der Waals surface area contributed by atoms with E-state index in [4.69, 9.17) is 0 Å². The van der Waals surface area contributed by atoms with E-state index in [1.165, 1.54) is 36.7 Å². The molecule has 0 saturated carbocycles. The second-order valence-electron chi connectivity index (χ2n) is 6.29. The molecule has 2 nitrogen and oxygen atoms in total. The van der Waals surface area contributed by atoms with E-state index in [1.807, 2.05) is 11.8 Å². The van der Waals surface area contributed by atoms with E-state index < -0.39 is 0 Å². The van der Waals surface area contributed by atoms with Crippen LogP contribution in [-0.2, 0) is 0 Å². The van der Waals surface area contributed by atoms with Crippen molar-refractivity contribution in [2.45, 2.75) is 43.2 Å². The number of benzene rings is 1. The van der Waals surface area contributed by atoms with Crippen LogP contribution in [-0.4, -0.2) is 42.4 Å². The van der Waals surface area contributed by atoms with Crippen molar-refractivity contribution in [3.05, 3.63) is 23.8 Å². The predicted molar refractivity (Wildman–Crippen MR) is 86.6 cm³/mol. The Hall–Kier alpha value is -0.670. The molecule has 2 unspecified atom stereocenters. The highest BCUT2D eigenvalue weighted by Gasteiger charge is 2.43.